The summed E-state index contributed by atoms with van der Waals surface area (Å²) < 4.78 is 11.5. The fourth-order valence-corrected chi connectivity index (χ4v) is 6.62. The van der Waals surface area contributed by atoms with Gasteiger partial charge in [-0.15, -0.1) is 0 Å². The second-order valence-corrected chi connectivity index (χ2v) is 9.87. The number of methoxy groups -OCH3 is 1. The minimum atomic E-state index is -1.64. The van der Waals surface area contributed by atoms with E-state index in [2.05, 4.69) is 68.7 Å². The third-order valence-electron chi connectivity index (χ3n) is 3.20. The van der Waals surface area contributed by atoms with Crippen LogP contribution in [0.2, 0.25) is 0 Å². The molecule has 1 aliphatic heterocycles. The summed E-state index contributed by atoms with van der Waals surface area (Å²) in [5, 5.41) is 0. The molecule has 0 N–H and O–H groups in total. The molecule has 0 saturated heterocycles. The van der Waals surface area contributed by atoms with E-state index in [9.17, 15) is 0 Å². The van der Waals surface area contributed by atoms with Gasteiger partial charge in [0.1, 0.15) is 0 Å². The number of hydrogen-bond donors (Lipinski definition) is 0. The van der Waals surface area contributed by atoms with Gasteiger partial charge in [0.2, 0.25) is 0 Å². The number of ether oxygens (including phenoxy) is 1. The van der Waals surface area contributed by atoms with Crippen LogP contribution in [0.15, 0.2) is 56.6 Å². The van der Waals surface area contributed by atoms with Crippen LogP contribution in [0.1, 0.15) is 11.1 Å². The van der Waals surface area contributed by atoms with E-state index in [1.807, 2.05) is 0 Å². The van der Waals surface area contributed by atoms with E-state index in [1.165, 1.54) is 14.6 Å². The van der Waals surface area contributed by atoms with Crippen molar-refractivity contribution in [2.75, 3.05) is 7.11 Å². The van der Waals surface area contributed by atoms with Gasteiger partial charge in [0, 0.05) is 0 Å². The Bertz CT molecular complexity index is 593. The van der Waals surface area contributed by atoms with Crippen LogP contribution < -0.4 is 8.25 Å². The predicted octanol–water partition coefficient (Wildman–Crippen LogP) is 3.22. The van der Waals surface area contributed by atoms with Gasteiger partial charge in [0.15, 0.2) is 0 Å². The van der Waals surface area contributed by atoms with Crippen molar-refractivity contribution in [1.29, 1.82) is 0 Å². The van der Waals surface area contributed by atoms with Crippen LogP contribution in [0.3, 0.4) is 0 Å². The first kappa shape index (κ1) is 12.6. The van der Waals surface area contributed by atoms with E-state index in [-0.39, 0.29) is 0 Å². The maximum atomic E-state index is 5.22. The van der Waals surface area contributed by atoms with Crippen LogP contribution in [-0.4, -0.2) is 27.3 Å². The van der Waals surface area contributed by atoms with Crippen LogP contribution >= 0.6 is 0 Å². The molecule has 2 aromatic carbocycles. The Morgan fingerprint density at radius 3 is 1.89 bits per heavy atom. The van der Waals surface area contributed by atoms with Crippen LogP contribution in [-0.2, 0) is 0 Å². The predicted molar refractivity (Wildman–Crippen MR) is 82.9 cm³/mol. The zero-order valence-corrected chi connectivity index (χ0v) is 13.3. The van der Waals surface area contributed by atoms with E-state index in [0.717, 1.165) is 5.75 Å². The summed E-state index contributed by atoms with van der Waals surface area (Å²) in [6.45, 7) is 0. The Hall–Kier alpha value is -1.46. The molecule has 0 amide bonds. The van der Waals surface area contributed by atoms with Crippen LogP contribution in [0, 0.1) is 0 Å². The summed E-state index contributed by atoms with van der Waals surface area (Å²) in [5.41, 5.74) is 2.64. The van der Waals surface area contributed by atoms with Gasteiger partial charge < -0.3 is 0 Å². The minimum absolute atomic E-state index is 0.926. The fraction of sp³-hybridized carbons (Fsp3) is 0.0588. The molecule has 0 aliphatic carbocycles. The molecule has 19 heavy (non-hydrogen) atoms. The summed E-state index contributed by atoms with van der Waals surface area (Å²) in [4.78, 5) is 0. The van der Waals surface area contributed by atoms with Gasteiger partial charge in [-0.05, 0) is 0 Å². The molecule has 0 aromatic heterocycles. The quantitative estimate of drug-likeness (QED) is 0.751. The number of hydrogen-bond acceptors (Lipinski definition) is 1. The maximum absolute atomic E-state index is 5.22. The molecule has 0 saturated carbocycles. The molecule has 0 spiro atoms. The van der Waals surface area contributed by atoms with Crippen molar-refractivity contribution in [2.24, 2.45) is 0 Å². The monoisotopic (exact) mass is 356 g/mol. The Labute approximate surface area is 121 Å². The summed E-state index contributed by atoms with van der Waals surface area (Å²) in [5.74, 6) is 0.926. The van der Waals surface area contributed by atoms with Crippen molar-refractivity contribution >= 4 is 35.9 Å². The number of rotatable bonds is 2. The average Bonchev–Trinajstić information content (AvgIpc) is 2.70. The molecular formula is C17H15OSb. The SMILES string of the molecule is COc1cc[c]([Sb]2[CH]=Cc3ccccc3C=[CH]2)cc1. The van der Waals surface area contributed by atoms with Crippen molar-refractivity contribution < 1.29 is 4.74 Å². The Morgan fingerprint density at radius 1 is 0.789 bits per heavy atom. The molecule has 2 heteroatoms. The molecule has 0 atom stereocenters. The standard InChI is InChI=1S/C10H8.C7H7O.Sb/c1-3-9-7-5-6-8-10(9)4-2;1-8-7-5-3-2-4-6-7;/h1-8H;3-6H,1H3;. The van der Waals surface area contributed by atoms with Crippen molar-refractivity contribution in [2.45, 2.75) is 0 Å². The summed E-state index contributed by atoms with van der Waals surface area (Å²) >= 11 is -1.64. The first-order valence-corrected chi connectivity index (χ1v) is 10.5. The van der Waals surface area contributed by atoms with Gasteiger partial charge in [-0.25, -0.2) is 0 Å². The summed E-state index contributed by atoms with van der Waals surface area (Å²) in [7, 11) is 1.71. The van der Waals surface area contributed by atoms with Gasteiger partial charge in [-0.3, -0.25) is 0 Å². The average molecular weight is 357 g/mol. The Balaban J connectivity index is 1.92. The normalized spacial score (nSPS) is 13.9. The van der Waals surface area contributed by atoms with Gasteiger partial charge in [-0.1, -0.05) is 0 Å². The van der Waals surface area contributed by atoms with Crippen molar-refractivity contribution in [3.63, 3.8) is 0 Å². The van der Waals surface area contributed by atoms with E-state index in [1.54, 1.807) is 7.11 Å². The number of fused-ring (bicyclic) bond motifs is 1. The van der Waals surface area contributed by atoms with Crippen molar-refractivity contribution in [1.82, 2.24) is 0 Å². The van der Waals surface area contributed by atoms with Crippen LogP contribution in [0.4, 0.5) is 0 Å². The van der Waals surface area contributed by atoms with Crippen LogP contribution in [0.25, 0.3) is 12.2 Å². The molecule has 1 aliphatic rings. The molecule has 1 nitrogen and oxygen atoms in total. The fourth-order valence-electron chi connectivity index (χ4n) is 2.11. The third-order valence-corrected chi connectivity index (χ3v) is 8.43. The molecular weight excluding hydrogens is 342 g/mol. The number of benzene rings is 2. The molecule has 0 radical (unpaired) electrons. The van der Waals surface area contributed by atoms with Gasteiger partial charge in [-0.2, -0.15) is 0 Å². The van der Waals surface area contributed by atoms with E-state index >= 15 is 0 Å². The first-order chi connectivity index (χ1) is 9.36. The zero-order chi connectivity index (χ0) is 13.1. The van der Waals surface area contributed by atoms with Crippen molar-refractivity contribution in [3.8, 4) is 5.75 Å². The topological polar surface area (TPSA) is 9.23 Å². The molecule has 0 fully saturated rings. The molecule has 2 aromatic rings. The van der Waals surface area contributed by atoms with Gasteiger partial charge in [0.05, 0.1) is 0 Å². The van der Waals surface area contributed by atoms with E-state index < -0.39 is 20.2 Å². The molecule has 0 unspecified atom stereocenters. The van der Waals surface area contributed by atoms with E-state index in [0.29, 0.717) is 0 Å². The molecule has 94 valence electrons. The zero-order valence-electron chi connectivity index (χ0n) is 10.8. The van der Waals surface area contributed by atoms with Gasteiger partial charge >= 0.3 is 121 Å². The third kappa shape index (κ3) is 2.77. The van der Waals surface area contributed by atoms with Crippen LogP contribution in [0.5, 0.6) is 5.75 Å². The summed E-state index contributed by atoms with van der Waals surface area (Å²) in [6, 6.07) is 17.0. The first-order valence-electron chi connectivity index (χ1n) is 6.25. The van der Waals surface area contributed by atoms with Gasteiger partial charge in [0.25, 0.3) is 0 Å². The second-order valence-electron chi connectivity index (χ2n) is 4.37. The molecule has 1 heterocycles. The molecule has 3 rings (SSSR count). The molecule has 0 bridgehead atoms. The second kappa shape index (κ2) is 5.67. The van der Waals surface area contributed by atoms with E-state index in [4.69, 9.17) is 4.74 Å². The Kier molecular flexibility index (Phi) is 3.75. The van der Waals surface area contributed by atoms with Crippen molar-refractivity contribution in [3.05, 3.63) is 67.7 Å². The summed E-state index contributed by atoms with van der Waals surface area (Å²) in [6.07, 6.45) is 4.56. The Morgan fingerprint density at radius 2 is 1.37 bits per heavy atom.